The molecule has 0 amide bonds. The molecule has 1 aliphatic rings. The minimum atomic E-state index is -0.632. The van der Waals surface area contributed by atoms with Gasteiger partial charge in [-0.2, -0.15) is 0 Å². The first kappa shape index (κ1) is 21.7. The summed E-state index contributed by atoms with van der Waals surface area (Å²) in [5.41, 5.74) is 6.58. The number of benzene rings is 2. The zero-order chi connectivity index (χ0) is 22.0. The maximum Gasteiger partial charge on any atom is 0.184 e. The first-order valence-corrected chi connectivity index (χ1v) is 10.9. The quantitative estimate of drug-likeness (QED) is 0.467. The molecule has 1 unspecified atom stereocenters. The monoisotopic (exact) mass is 503 g/mol. The number of nitrogens with one attached hydrogen (secondary N) is 1. The number of nitrogens with zero attached hydrogens (tertiary/aromatic N) is 2. The Balaban J connectivity index is 1.64. The van der Waals surface area contributed by atoms with E-state index in [1.807, 2.05) is 13.0 Å². The lowest BCUT2D eigenvalue weighted by Crippen LogP contribution is -2.37. The van der Waals surface area contributed by atoms with E-state index in [0.29, 0.717) is 30.2 Å². The van der Waals surface area contributed by atoms with Crippen LogP contribution in [0.3, 0.4) is 0 Å². The van der Waals surface area contributed by atoms with Gasteiger partial charge in [-0.15, -0.1) is 0 Å². The van der Waals surface area contributed by atoms with Gasteiger partial charge in [-0.3, -0.25) is 14.8 Å². The van der Waals surface area contributed by atoms with Crippen LogP contribution in [0.15, 0.2) is 58.1 Å². The molecule has 31 heavy (non-hydrogen) atoms. The van der Waals surface area contributed by atoms with Crippen molar-refractivity contribution < 1.29 is 14.0 Å². The predicted octanol–water partition coefficient (Wildman–Crippen LogP) is 5.94. The Morgan fingerprint density at radius 3 is 2.87 bits per heavy atom. The van der Waals surface area contributed by atoms with Crippen molar-refractivity contribution in [1.29, 1.82) is 0 Å². The molecule has 1 aromatic heterocycles. The van der Waals surface area contributed by atoms with Gasteiger partial charge in [0.1, 0.15) is 0 Å². The molecule has 5 nitrogen and oxygen atoms in total. The maximum absolute atomic E-state index is 14.4. The number of hydroxylamine groups is 1. The normalized spacial score (nSPS) is 15.9. The summed E-state index contributed by atoms with van der Waals surface area (Å²) in [5, 5.41) is -0.0145. The smallest absolute Gasteiger partial charge is 0.184 e. The molecule has 4 rings (SSSR count). The second-order valence-corrected chi connectivity index (χ2v) is 8.58. The zero-order valence-corrected chi connectivity index (χ0v) is 19.3. The molecule has 160 valence electrons. The zero-order valence-electron chi connectivity index (χ0n) is 17.0. The van der Waals surface area contributed by atoms with Crippen molar-refractivity contribution in [2.24, 2.45) is 4.99 Å². The van der Waals surface area contributed by atoms with Crippen LogP contribution in [0.5, 0.6) is 11.5 Å². The highest BCUT2D eigenvalue weighted by Gasteiger charge is 2.22. The summed E-state index contributed by atoms with van der Waals surface area (Å²) < 4.78 is 21.2. The number of halogens is 3. The van der Waals surface area contributed by atoms with Gasteiger partial charge in [-0.25, -0.2) is 9.87 Å². The van der Waals surface area contributed by atoms with Gasteiger partial charge in [-0.05, 0) is 55.7 Å². The first-order chi connectivity index (χ1) is 14.9. The number of hydrogen-bond acceptors (Lipinski definition) is 5. The van der Waals surface area contributed by atoms with Gasteiger partial charge in [-0.1, -0.05) is 45.7 Å². The van der Waals surface area contributed by atoms with Crippen molar-refractivity contribution in [1.82, 2.24) is 10.5 Å². The van der Waals surface area contributed by atoms with Crippen LogP contribution in [0, 0.1) is 19.7 Å². The molecule has 2 heterocycles. The Morgan fingerprint density at radius 2 is 2.06 bits per heavy atom. The lowest BCUT2D eigenvalue weighted by atomic mass is 10.0. The van der Waals surface area contributed by atoms with Crippen molar-refractivity contribution in [2.75, 3.05) is 6.61 Å². The number of pyridine rings is 1. The molecule has 0 aliphatic carbocycles. The summed E-state index contributed by atoms with van der Waals surface area (Å²) in [6.45, 7) is 4.33. The number of rotatable bonds is 5. The minimum absolute atomic E-state index is 0.0110. The van der Waals surface area contributed by atoms with Crippen LogP contribution >= 0.6 is 27.5 Å². The highest BCUT2D eigenvalue weighted by atomic mass is 79.9. The standard InChI is InChI=1S/C23H20BrClFN3O2/c1-13-6-7-15(18(24)8-13)10-16-12-30-29-23(28-16)17-9-14(2)27-11-21(17)31-20-5-3-4-19(25)22(20)26/h3-9,11,16H,10,12H2,1-2H3,(H,28,29). The molecule has 3 aromatic rings. The third-order valence-corrected chi connectivity index (χ3v) is 5.85. The third kappa shape index (κ3) is 5.06. The van der Waals surface area contributed by atoms with E-state index in [1.165, 1.54) is 23.9 Å². The molecule has 0 bridgehead atoms. The van der Waals surface area contributed by atoms with E-state index in [0.717, 1.165) is 15.7 Å². The summed E-state index contributed by atoms with van der Waals surface area (Å²) in [6, 6.07) is 12.6. The second-order valence-electron chi connectivity index (χ2n) is 7.32. The molecule has 2 aromatic carbocycles. The Bertz CT molecular complexity index is 1160. The number of amidine groups is 1. The summed E-state index contributed by atoms with van der Waals surface area (Å²) in [4.78, 5) is 14.7. The molecular weight excluding hydrogens is 485 g/mol. The lowest BCUT2D eigenvalue weighted by molar-refractivity contribution is 0.0623. The molecule has 8 heteroatoms. The molecule has 0 saturated heterocycles. The van der Waals surface area contributed by atoms with Crippen LogP contribution in [-0.4, -0.2) is 23.5 Å². The Morgan fingerprint density at radius 1 is 1.23 bits per heavy atom. The van der Waals surface area contributed by atoms with Gasteiger partial charge in [0.2, 0.25) is 0 Å². The largest absolute Gasteiger partial charge is 0.452 e. The number of hydrogen-bond donors (Lipinski definition) is 1. The van der Waals surface area contributed by atoms with Gasteiger partial charge >= 0.3 is 0 Å². The second kappa shape index (κ2) is 9.34. The fourth-order valence-electron chi connectivity index (χ4n) is 3.25. The van der Waals surface area contributed by atoms with E-state index < -0.39 is 5.82 Å². The fraction of sp³-hybridized carbons (Fsp3) is 0.217. The molecule has 1 N–H and O–H groups in total. The van der Waals surface area contributed by atoms with Gasteiger partial charge < -0.3 is 4.74 Å². The predicted molar refractivity (Wildman–Crippen MR) is 122 cm³/mol. The minimum Gasteiger partial charge on any atom is -0.452 e. The van der Waals surface area contributed by atoms with Crippen LogP contribution < -0.4 is 10.2 Å². The molecular formula is C23H20BrClFN3O2. The lowest BCUT2D eigenvalue weighted by Gasteiger charge is -2.23. The maximum atomic E-state index is 14.4. The Kier molecular flexibility index (Phi) is 6.55. The average molecular weight is 505 g/mol. The molecule has 0 saturated carbocycles. The topological polar surface area (TPSA) is 55.7 Å². The van der Waals surface area contributed by atoms with E-state index in [2.05, 4.69) is 51.5 Å². The molecule has 1 atom stereocenters. The summed E-state index contributed by atoms with van der Waals surface area (Å²) in [6.07, 6.45) is 2.24. The SMILES string of the molecule is Cc1ccc(CC2CONC(c3cc(C)ncc3Oc3cccc(Cl)c3F)=N2)c(Br)c1. The number of aliphatic imine (C=N–C) groups is 1. The number of aromatic nitrogens is 1. The Hall–Kier alpha value is -2.48. The first-order valence-electron chi connectivity index (χ1n) is 9.70. The van der Waals surface area contributed by atoms with Crippen molar-refractivity contribution in [3.8, 4) is 11.5 Å². The van der Waals surface area contributed by atoms with Crippen LogP contribution in [0.2, 0.25) is 5.02 Å². The summed E-state index contributed by atoms with van der Waals surface area (Å²) in [7, 11) is 0. The molecule has 0 spiro atoms. The number of ether oxygens (including phenoxy) is 1. The van der Waals surface area contributed by atoms with Crippen molar-refractivity contribution in [3.05, 3.63) is 86.4 Å². The molecule has 0 fully saturated rings. The van der Waals surface area contributed by atoms with E-state index in [9.17, 15) is 4.39 Å². The van der Waals surface area contributed by atoms with Gasteiger partial charge in [0.25, 0.3) is 0 Å². The van der Waals surface area contributed by atoms with Crippen LogP contribution in [0.25, 0.3) is 0 Å². The van der Waals surface area contributed by atoms with Gasteiger partial charge in [0.05, 0.1) is 29.4 Å². The van der Waals surface area contributed by atoms with Gasteiger partial charge in [0, 0.05) is 10.2 Å². The van der Waals surface area contributed by atoms with Crippen LogP contribution in [0.4, 0.5) is 4.39 Å². The van der Waals surface area contributed by atoms with Crippen molar-refractivity contribution in [3.63, 3.8) is 0 Å². The van der Waals surface area contributed by atoms with Crippen LogP contribution in [-0.2, 0) is 11.3 Å². The molecule has 0 radical (unpaired) electrons. The van der Waals surface area contributed by atoms with E-state index in [1.54, 1.807) is 6.07 Å². The van der Waals surface area contributed by atoms with Crippen molar-refractivity contribution >= 4 is 33.4 Å². The highest BCUT2D eigenvalue weighted by Crippen LogP contribution is 2.31. The number of aryl methyl sites for hydroxylation is 2. The Labute approximate surface area is 193 Å². The highest BCUT2D eigenvalue weighted by molar-refractivity contribution is 9.10. The van der Waals surface area contributed by atoms with E-state index >= 15 is 0 Å². The van der Waals surface area contributed by atoms with Crippen molar-refractivity contribution in [2.45, 2.75) is 26.3 Å². The fourth-order valence-corrected chi connectivity index (χ4v) is 4.07. The van der Waals surface area contributed by atoms with E-state index in [-0.39, 0.29) is 16.8 Å². The van der Waals surface area contributed by atoms with Crippen LogP contribution in [0.1, 0.15) is 22.4 Å². The van der Waals surface area contributed by atoms with E-state index in [4.69, 9.17) is 26.2 Å². The average Bonchev–Trinajstić information content (AvgIpc) is 2.75. The molecule has 1 aliphatic heterocycles. The van der Waals surface area contributed by atoms with Gasteiger partial charge in [0.15, 0.2) is 23.2 Å². The third-order valence-electron chi connectivity index (χ3n) is 4.82. The summed E-state index contributed by atoms with van der Waals surface area (Å²) >= 11 is 9.51. The summed E-state index contributed by atoms with van der Waals surface area (Å²) in [5.74, 6) is 0.227.